The van der Waals surface area contributed by atoms with Crippen molar-refractivity contribution in [1.82, 2.24) is 15.8 Å². The van der Waals surface area contributed by atoms with Crippen molar-refractivity contribution in [2.75, 3.05) is 13.6 Å². The molecule has 1 amide bonds. The van der Waals surface area contributed by atoms with E-state index in [2.05, 4.69) is 49.0 Å². The summed E-state index contributed by atoms with van der Waals surface area (Å²) >= 11 is 0. The summed E-state index contributed by atoms with van der Waals surface area (Å²) in [4.78, 5) is 14.5. The molecular weight excluding hydrogens is 286 g/mol. The molecule has 1 aliphatic carbocycles. The van der Waals surface area contributed by atoms with Gasteiger partial charge in [-0.15, -0.1) is 0 Å². The quantitative estimate of drug-likeness (QED) is 0.877. The summed E-state index contributed by atoms with van der Waals surface area (Å²) in [5.41, 5.74) is 9.40. The first kappa shape index (κ1) is 16.5. The van der Waals surface area contributed by atoms with E-state index in [1.165, 1.54) is 11.1 Å². The third-order valence-corrected chi connectivity index (χ3v) is 5.72. The van der Waals surface area contributed by atoms with Gasteiger partial charge >= 0.3 is 0 Å². The van der Waals surface area contributed by atoms with Crippen LogP contribution in [0.2, 0.25) is 0 Å². The largest absolute Gasteiger partial charge is 0.346 e. The molecule has 1 aromatic rings. The summed E-state index contributed by atoms with van der Waals surface area (Å²) in [6.45, 7) is 5.26. The Balaban J connectivity index is 1.51. The number of carbonyl (C=O) groups excluding carboxylic acids is 1. The highest BCUT2D eigenvalue weighted by molar-refractivity contribution is 5.77. The van der Waals surface area contributed by atoms with Crippen molar-refractivity contribution in [3.63, 3.8) is 0 Å². The Morgan fingerprint density at radius 3 is 2.65 bits per heavy atom. The van der Waals surface area contributed by atoms with E-state index in [9.17, 15) is 4.79 Å². The zero-order valence-electron chi connectivity index (χ0n) is 14.5. The van der Waals surface area contributed by atoms with Crippen molar-refractivity contribution in [2.24, 2.45) is 5.92 Å². The Hall–Kier alpha value is -1.39. The van der Waals surface area contributed by atoms with Crippen LogP contribution in [-0.4, -0.2) is 36.5 Å². The molecule has 1 fully saturated rings. The predicted molar refractivity (Wildman–Crippen MR) is 93.1 cm³/mol. The SMILES string of the molecule is CC1NNC(C)C1CCN(C)C(=O)CC1CCc2ccccc21. The van der Waals surface area contributed by atoms with Crippen LogP contribution in [0, 0.1) is 5.92 Å². The topological polar surface area (TPSA) is 44.4 Å². The maximum atomic E-state index is 12.6. The highest BCUT2D eigenvalue weighted by Gasteiger charge is 2.30. The lowest BCUT2D eigenvalue weighted by Gasteiger charge is -2.24. The van der Waals surface area contributed by atoms with Crippen LogP contribution in [0.3, 0.4) is 0 Å². The number of hydrazine groups is 1. The minimum absolute atomic E-state index is 0.283. The van der Waals surface area contributed by atoms with E-state index in [1.54, 1.807) is 0 Å². The summed E-state index contributed by atoms with van der Waals surface area (Å²) < 4.78 is 0. The Morgan fingerprint density at radius 1 is 1.22 bits per heavy atom. The van der Waals surface area contributed by atoms with E-state index in [0.29, 0.717) is 30.3 Å². The van der Waals surface area contributed by atoms with Crippen LogP contribution < -0.4 is 10.9 Å². The van der Waals surface area contributed by atoms with E-state index in [4.69, 9.17) is 0 Å². The fourth-order valence-corrected chi connectivity index (χ4v) is 4.10. The summed E-state index contributed by atoms with van der Waals surface area (Å²) in [5.74, 6) is 1.28. The molecule has 126 valence electrons. The van der Waals surface area contributed by atoms with Gasteiger partial charge in [-0.05, 0) is 56.1 Å². The van der Waals surface area contributed by atoms with E-state index in [0.717, 1.165) is 25.8 Å². The van der Waals surface area contributed by atoms with Crippen molar-refractivity contribution >= 4 is 5.91 Å². The maximum Gasteiger partial charge on any atom is 0.222 e. The van der Waals surface area contributed by atoms with Crippen molar-refractivity contribution in [3.05, 3.63) is 35.4 Å². The van der Waals surface area contributed by atoms with Gasteiger partial charge in [-0.1, -0.05) is 24.3 Å². The third kappa shape index (κ3) is 3.59. The van der Waals surface area contributed by atoms with Gasteiger partial charge in [0.25, 0.3) is 0 Å². The lowest BCUT2D eigenvalue weighted by atomic mass is 9.92. The van der Waals surface area contributed by atoms with Crippen LogP contribution in [-0.2, 0) is 11.2 Å². The molecule has 3 atom stereocenters. The molecule has 1 aliphatic heterocycles. The lowest BCUT2D eigenvalue weighted by molar-refractivity contribution is -0.130. The van der Waals surface area contributed by atoms with Crippen molar-refractivity contribution in [1.29, 1.82) is 0 Å². The van der Waals surface area contributed by atoms with Crippen LogP contribution in [0.5, 0.6) is 0 Å². The van der Waals surface area contributed by atoms with Crippen LogP contribution in [0.15, 0.2) is 24.3 Å². The standard InChI is InChI=1S/C19H29N3O/c1-13-17(14(2)21-20-13)10-11-22(3)19(23)12-16-9-8-15-6-4-5-7-18(15)16/h4-7,13-14,16-17,20-21H,8-12H2,1-3H3. The minimum atomic E-state index is 0.283. The highest BCUT2D eigenvalue weighted by atomic mass is 16.2. The number of carbonyl (C=O) groups is 1. The number of fused-ring (bicyclic) bond motifs is 1. The normalized spacial score (nSPS) is 29.5. The zero-order valence-corrected chi connectivity index (χ0v) is 14.5. The van der Waals surface area contributed by atoms with Crippen LogP contribution >= 0.6 is 0 Å². The molecule has 1 heterocycles. The van der Waals surface area contributed by atoms with Gasteiger partial charge in [0.15, 0.2) is 0 Å². The molecule has 1 aromatic carbocycles. The van der Waals surface area contributed by atoms with Gasteiger partial charge < -0.3 is 4.90 Å². The van der Waals surface area contributed by atoms with Gasteiger partial charge in [-0.25, -0.2) is 0 Å². The number of nitrogens with one attached hydrogen (secondary N) is 2. The van der Waals surface area contributed by atoms with Gasteiger partial charge in [-0.2, -0.15) is 0 Å². The lowest BCUT2D eigenvalue weighted by Crippen LogP contribution is -2.33. The molecular formula is C19H29N3O. The molecule has 0 radical (unpaired) electrons. The maximum absolute atomic E-state index is 12.6. The molecule has 1 saturated heterocycles. The fraction of sp³-hybridized carbons (Fsp3) is 0.632. The van der Waals surface area contributed by atoms with E-state index < -0.39 is 0 Å². The van der Waals surface area contributed by atoms with Crippen LogP contribution in [0.4, 0.5) is 0 Å². The molecule has 2 aliphatic rings. The first-order chi connectivity index (χ1) is 11.1. The Kier molecular flexibility index (Phi) is 5.02. The summed E-state index contributed by atoms with van der Waals surface area (Å²) in [6.07, 6.45) is 3.93. The van der Waals surface area contributed by atoms with Crippen LogP contribution in [0.1, 0.15) is 50.2 Å². The summed E-state index contributed by atoms with van der Waals surface area (Å²) in [6, 6.07) is 9.52. The smallest absolute Gasteiger partial charge is 0.222 e. The third-order valence-electron chi connectivity index (χ3n) is 5.72. The molecule has 0 bridgehead atoms. The summed E-state index contributed by atoms with van der Waals surface area (Å²) in [7, 11) is 1.95. The average molecular weight is 315 g/mol. The summed E-state index contributed by atoms with van der Waals surface area (Å²) in [5, 5.41) is 0. The second-order valence-electron chi connectivity index (χ2n) is 7.27. The number of aryl methyl sites for hydroxylation is 1. The molecule has 3 unspecified atom stereocenters. The predicted octanol–water partition coefficient (Wildman–Crippen LogP) is 2.46. The number of rotatable bonds is 5. The van der Waals surface area contributed by atoms with E-state index in [-0.39, 0.29) is 5.91 Å². The zero-order chi connectivity index (χ0) is 16.4. The van der Waals surface area contributed by atoms with Gasteiger partial charge in [0.1, 0.15) is 0 Å². The first-order valence-electron chi connectivity index (χ1n) is 8.89. The van der Waals surface area contributed by atoms with Gasteiger partial charge in [0.05, 0.1) is 0 Å². The number of amides is 1. The Morgan fingerprint density at radius 2 is 1.91 bits per heavy atom. The second-order valence-corrected chi connectivity index (χ2v) is 7.27. The number of benzene rings is 1. The van der Waals surface area contributed by atoms with Crippen molar-refractivity contribution in [2.45, 2.75) is 57.5 Å². The molecule has 0 saturated carbocycles. The average Bonchev–Trinajstić information content (AvgIpc) is 3.09. The molecule has 0 spiro atoms. The fourth-order valence-electron chi connectivity index (χ4n) is 4.10. The van der Waals surface area contributed by atoms with Gasteiger partial charge in [-0.3, -0.25) is 15.6 Å². The first-order valence-corrected chi connectivity index (χ1v) is 8.89. The minimum Gasteiger partial charge on any atom is -0.346 e. The Bertz CT molecular complexity index is 549. The number of hydrogen-bond acceptors (Lipinski definition) is 3. The van der Waals surface area contributed by atoms with E-state index in [1.807, 2.05) is 11.9 Å². The molecule has 0 aromatic heterocycles. The van der Waals surface area contributed by atoms with Crippen molar-refractivity contribution < 1.29 is 4.79 Å². The number of nitrogens with zero attached hydrogens (tertiary/aromatic N) is 1. The second kappa shape index (κ2) is 7.02. The van der Waals surface area contributed by atoms with Crippen molar-refractivity contribution in [3.8, 4) is 0 Å². The number of hydrogen-bond donors (Lipinski definition) is 2. The Labute approximate surface area is 139 Å². The molecule has 4 heteroatoms. The van der Waals surface area contributed by atoms with E-state index >= 15 is 0 Å². The molecule has 3 rings (SSSR count). The molecule has 2 N–H and O–H groups in total. The monoisotopic (exact) mass is 315 g/mol. The van der Waals surface area contributed by atoms with Gasteiger partial charge in [0.2, 0.25) is 5.91 Å². The molecule has 23 heavy (non-hydrogen) atoms. The van der Waals surface area contributed by atoms with Crippen LogP contribution in [0.25, 0.3) is 0 Å². The molecule has 4 nitrogen and oxygen atoms in total. The van der Waals surface area contributed by atoms with Gasteiger partial charge in [0, 0.05) is 32.1 Å². The highest BCUT2D eigenvalue weighted by Crippen LogP contribution is 2.35.